The number of hydrogen-bond donors (Lipinski definition) is 0. The third kappa shape index (κ3) is 2.61. The zero-order chi connectivity index (χ0) is 12.1. The molecule has 2 aromatic heterocycles. The molecule has 2 rings (SSSR count). The van der Waals surface area contributed by atoms with Gasteiger partial charge in [0.25, 0.3) is 0 Å². The molecular weight excluding hydrogens is 214 g/mol. The second-order valence-electron chi connectivity index (χ2n) is 3.53. The quantitative estimate of drug-likeness (QED) is 0.593. The highest BCUT2D eigenvalue weighted by Gasteiger charge is 2.11. The summed E-state index contributed by atoms with van der Waals surface area (Å²) in [6.07, 6.45) is 9.23. The maximum atomic E-state index is 11.6. The van der Waals surface area contributed by atoms with Crippen LogP contribution in [-0.4, -0.2) is 10.8 Å². The third-order valence-corrected chi connectivity index (χ3v) is 2.32. The molecule has 0 saturated carbocycles. The third-order valence-electron chi connectivity index (χ3n) is 2.32. The Labute approximate surface area is 99.5 Å². The van der Waals surface area contributed by atoms with Gasteiger partial charge in [-0.05, 0) is 24.3 Å². The molecule has 0 saturated heterocycles. The number of carbonyl (C=O) groups excluding carboxylic acids is 1. The van der Waals surface area contributed by atoms with Crippen LogP contribution in [0.25, 0.3) is 11.3 Å². The summed E-state index contributed by atoms with van der Waals surface area (Å²) in [7, 11) is 0. The van der Waals surface area contributed by atoms with Crippen LogP contribution in [0.1, 0.15) is 23.4 Å². The van der Waals surface area contributed by atoms with E-state index in [1.165, 1.54) is 0 Å². The minimum atomic E-state index is -0.0712. The summed E-state index contributed by atoms with van der Waals surface area (Å²) in [5.41, 5.74) is 0.850. The van der Waals surface area contributed by atoms with E-state index in [-0.39, 0.29) is 5.78 Å². The van der Waals surface area contributed by atoms with E-state index in [1.807, 2.05) is 12.1 Å². The number of aromatic nitrogens is 1. The smallest absolute Gasteiger partial charge is 0.198 e. The highest BCUT2D eigenvalue weighted by Crippen LogP contribution is 2.21. The van der Waals surface area contributed by atoms with Gasteiger partial charge in [-0.2, -0.15) is 0 Å². The van der Waals surface area contributed by atoms with Crippen molar-refractivity contribution >= 4 is 5.78 Å². The Balaban J connectivity index is 2.17. The zero-order valence-electron chi connectivity index (χ0n) is 9.22. The van der Waals surface area contributed by atoms with Crippen LogP contribution in [0.4, 0.5) is 0 Å². The Morgan fingerprint density at radius 2 is 2.29 bits per heavy atom. The Bertz CT molecular complexity index is 549. The number of nitrogens with zero attached hydrogens (tertiary/aromatic N) is 1. The van der Waals surface area contributed by atoms with Crippen LogP contribution in [0.3, 0.4) is 0 Å². The molecule has 84 valence electrons. The van der Waals surface area contributed by atoms with Crippen LogP contribution in [0, 0.1) is 12.3 Å². The van der Waals surface area contributed by atoms with Crippen molar-refractivity contribution in [1.82, 2.24) is 4.98 Å². The lowest BCUT2D eigenvalue weighted by molar-refractivity contribution is 0.0958. The summed E-state index contributed by atoms with van der Waals surface area (Å²) < 4.78 is 5.47. The number of terminal acetylenes is 1. The first-order chi connectivity index (χ1) is 8.31. The predicted molar refractivity (Wildman–Crippen MR) is 64.3 cm³/mol. The van der Waals surface area contributed by atoms with Gasteiger partial charge < -0.3 is 4.42 Å². The van der Waals surface area contributed by atoms with E-state index in [0.29, 0.717) is 24.4 Å². The van der Waals surface area contributed by atoms with Gasteiger partial charge in [0.05, 0.1) is 0 Å². The number of hydrogen-bond acceptors (Lipinski definition) is 3. The first-order valence-corrected chi connectivity index (χ1v) is 5.28. The number of carbonyl (C=O) groups is 1. The Kier molecular flexibility index (Phi) is 3.37. The van der Waals surface area contributed by atoms with Gasteiger partial charge in [-0.3, -0.25) is 9.78 Å². The molecule has 0 unspecified atom stereocenters. The summed E-state index contributed by atoms with van der Waals surface area (Å²) in [6, 6.07) is 7.13. The number of rotatable bonds is 4. The summed E-state index contributed by atoms with van der Waals surface area (Å²) in [5, 5.41) is 0. The van der Waals surface area contributed by atoms with Crippen molar-refractivity contribution in [2.24, 2.45) is 0 Å². The van der Waals surface area contributed by atoms with Gasteiger partial charge in [-0.15, -0.1) is 12.3 Å². The van der Waals surface area contributed by atoms with Crippen LogP contribution < -0.4 is 0 Å². The fourth-order valence-electron chi connectivity index (χ4n) is 1.46. The van der Waals surface area contributed by atoms with E-state index in [4.69, 9.17) is 10.8 Å². The van der Waals surface area contributed by atoms with E-state index in [9.17, 15) is 4.79 Å². The maximum absolute atomic E-state index is 11.6. The van der Waals surface area contributed by atoms with Crippen LogP contribution >= 0.6 is 0 Å². The highest BCUT2D eigenvalue weighted by molar-refractivity contribution is 5.94. The molecule has 0 N–H and O–H groups in total. The maximum Gasteiger partial charge on any atom is 0.198 e. The van der Waals surface area contributed by atoms with E-state index in [2.05, 4.69) is 10.9 Å². The van der Waals surface area contributed by atoms with Gasteiger partial charge in [0, 0.05) is 30.8 Å². The minimum Gasteiger partial charge on any atom is -0.453 e. The predicted octanol–water partition coefficient (Wildman–Crippen LogP) is 2.94. The van der Waals surface area contributed by atoms with Gasteiger partial charge in [0.2, 0.25) is 0 Å². The number of Topliss-reactive ketones (excluding diaryl/α,β-unsaturated/α-hetero) is 1. The molecule has 0 spiro atoms. The molecule has 0 aliphatic heterocycles. The van der Waals surface area contributed by atoms with Crippen LogP contribution in [0.5, 0.6) is 0 Å². The SMILES string of the molecule is C#CCCC(=O)c1ccc(-c2cccnc2)o1. The van der Waals surface area contributed by atoms with E-state index in [0.717, 1.165) is 5.56 Å². The molecule has 0 bridgehead atoms. The van der Waals surface area contributed by atoms with Gasteiger partial charge in [0.15, 0.2) is 11.5 Å². The Morgan fingerprint density at radius 3 is 3.00 bits per heavy atom. The first kappa shape index (κ1) is 11.2. The van der Waals surface area contributed by atoms with Crippen LogP contribution in [-0.2, 0) is 0 Å². The van der Waals surface area contributed by atoms with Crippen molar-refractivity contribution < 1.29 is 9.21 Å². The van der Waals surface area contributed by atoms with Crippen molar-refractivity contribution in [3.05, 3.63) is 42.4 Å². The van der Waals surface area contributed by atoms with Crippen molar-refractivity contribution in [3.63, 3.8) is 0 Å². The molecule has 0 aromatic carbocycles. The lowest BCUT2D eigenvalue weighted by Gasteiger charge is -1.95. The lowest BCUT2D eigenvalue weighted by Crippen LogP contribution is -1.95. The Hall–Kier alpha value is -2.34. The molecule has 2 heterocycles. The van der Waals surface area contributed by atoms with Crippen molar-refractivity contribution in [1.29, 1.82) is 0 Å². The van der Waals surface area contributed by atoms with Gasteiger partial charge in [-0.1, -0.05) is 0 Å². The summed E-state index contributed by atoms with van der Waals surface area (Å²) in [4.78, 5) is 15.6. The fourth-order valence-corrected chi connectivity index (χ4v) is 1.46. The molecule has 0 aliphatic carbocycles. The Morgan fingerprint density at radius 1 is 1.41 bits per heavy atom. The van der Waals surface area contributed by atoms with Crippen LogP contribution in [0.2, 0.25) is 0 Å². The number of pyridine rings is 1. The van der Waals surface area contributed by atoms with Gasteiger partial charge in [0.1, 0.15) is 5.76 Å². The average Bonchev–Trinajstić information content (AvgIpc) is 2.86. The number of ketones is 1. The molecule has 0 radical (unpaired) electrons. The lowest BCUT2D eigenvalue weighted by atomic mass is 10.2. The summed E-state index contributed by atoms with van der Waals surface area (Å²) >= 11 is 0. The minimum absolute atomic E-state index is 0.0712. The van der Waals surface area contributed by atoms with Gasteiger partial charge >= 0.3 is 0 Å². The van der Waals surface area contributed by atoms with E-state index < -0.39 is 0 Å². The molecule has 17 heavy (non-hydrogen) atoms. The normalized spacial score (nSPS) is 9.82. The van der Waals surface area contributed by atoms with E-state index >= 15 is 0 Å². The molecule has 2 aromatic rings. The monoisotopic (exact) mass is 225 g/mol. The van der Waals surface area contributed by atoms with E-state index in [1.54, 1.807) is 24.5 Å². The topological polar surface area (TPSA) is 43.1 Å². The molecule has 0 fully saturated rings. The summed E-state index contributed by atoms with van der Waals surface area (Å²) in [5.74, 6) is 3.35. The second kappa shape index (κ2) is 5.13. The molecule has 0 aliphatic rings. The van der Waals surface area contributed by atoms with Crippen molar-refractivity contribution in [3.8, 4) is 23.7 Å². The summed E-state index contributed by atoms with van der Waals surface area (Å²) in [6.45, 7) is 0. The average molecular weight is 225 g/mol. The molecule has 0 amide bonds. The molecular formula is C14H11NO2. The standard InChI is InChI=1S/C14H11NO2/c1-2-3-6-12(16)14-8-7-13(17-14)11-5-4-9-15-10-11/h1,4-5,7-10H,3,6H2. The van der Waals surface area contributed by atoms with Crippen LogP contribution in [0.15, 0.2) is 41.1 Å². The van der Waals surface area contributed by atoms with Crippen molar-refractivity contribution in [2.75, 3.05) is 0 Å². The first-order valence-electron chi connectivity index (χ1n) is 5.28. The van der Waals surface area contributed by atoms with Gasteiger partial charge in [-0.25, -0.2) is 0 Å². The molecule has 0 atom stereocenters. The number of furan rings is 1. The molecule has 3 heteroatoms. The van der Waals surface area contributed by atoms with Crippen molar-refractivity contribution in [2.45, 2.75) is 12.8 Å². The highest BCUT2D eigenvalue weighted by atomic mass is 16.3. The zero-order valence-corrected chi connectivity index (χ0v) is 9.22. The molecule has 3 nitrogen and oxygen atoms in total. The largest absolute Gasteiger partial charge is 0.453 e. The second-order valence-corrected chi connectivity index (χ2v) is 3.53. The fraction of sp³-hybridized carbons (Fsp3) is 0.143.